The fourth-order valence-electron chi connectivity index (χ4n) is 4.89. The summed E-state index contributed by atoms with van der Waals surface area (Å²) in [5.41, 5.74) is 5.27. The van der Waals surface area contributed by atoms with Crippen LogP contribution in [0.15, 0.2) is 24.8 Å². The molecule has 0 aromatic carbocycles. The molecule has 2 aliphatic heterocycles. The van der Waals surface area contributed by atoms with Crippen LogP contribution in [0.5, 0.6) is 0 Å². The summed E-state index contributed by atoms with van der Waals surface area (Å²) in [5, 5.41) is 7.95. The number of likely N-dealkylation sites (tertiary alicyclic amines) is 1. The molecule has 50 heavy (non-hydrogen) atoms. The molecule has 19 heteroatoms. The lowest BCUT2D eigenvalue weighted by Crippen LogP contribution is -2.45. The molecule has 1 unspecified atom stereocenters. The normalized spacial score (nSPS) is 17.3. The Balaban J connectivity index is 0.000000174. The number of hydrogen-bond donors (Lipinski definition) is 3. The Morgan fingerprint density at radius 1 is 0.960 bits per heavy atom. The second kappa shape index (κ2) is 16.9. The van der Waals surface area contributed by atoms with Gasteiger partial charge in [0.05, 0.1) is 18.2 Å². The number of carbonyl (C=O) groups is 1. The number of anilines is 1. The van der Waals surface area contributed by atoms with E-state index in [1.807, 2.05) is 27.2 Å². The van der Waals surface area contributed by atoms with Crippen molar-refractivity contribution in [2.75, 3.05) is 31.5 Å². The van der Waals surface area contributed by atoms with Gasteiger partial charge < -0.3 is 15.4 Å². The number of nitrogens with two attached hydrogens (primary N) is 1. The third-order valence-corrected chi connectivity index (χ3v) is 9.54. The highest BCUT2D eigenvalue weighted by atomic mass is 35.5. The monoisotopic (exact) mass is 767 g/mol. The van der Waals surface area contributed by atoms with E-state index in [4.69, 9.17) is 22.1 Å². The number of amides is 1. The van der Waals surface area contributed by atoms with Crippen molar-refractivity contribution in [3.8, 4) is 0 Å². The van der Waals surface area contributed by atoms with Gasteiger partial charge in [0.1, 0.15) is 51.4 Å². The summed E-state index contributed by atoms with van der Waals surface area (Å²) in [6, 6.07) is 3.36. The number of fused-ring (bicyclic) bond motifs is 2. The minimum absolute atomic E-state index is 0.119. The Hall–Kier alpha value is -3.19. The second-order valence-corrected chi connectivity index (χ2v) is 15.2. The van der Waals surface area contributed by atoms with Gasteiger partial charge >= 0.3 is 18.4 Å². The number of aromatic nitrogens is 4. The van der Waals surface area contributed by atoms with E-state index in [1.165, 1.54) is 18.7 Å². The zero-order valence-electron chi connectivity index (χ0n) is 27.5. The van der Waals surface area contributed by atoms with Gasteiger partial charge in [0, 0.05) is 34.1 Å². The number of nitrogens with one attached hydrogen (secondary N) is 2. The van der Waals surface area contributed by atoms with Crippen molar-refractivity contribution >= 4 is 66.6 Å². The van der Waals surface area contributed by atoms with Crippen LogP contribution in [-0.4, -0.2) is 87.1 Å². The molecule has 4 aromatic heterocycles. The van der Waals surface area contributed by atoms with E-state index >= 15 is 0 Å². The Morgan fingerprint density at radius 3 is 2.04 bits per heavy atom. The van der Waals surface area contributed by atoms with Crippen LogP contribution in [0.3, 0.4) is 0 Å². The summed E-state index contributed by atoms with van der Waals surface area (Å²) >= 11 is 7.78. The Labute approximate surface area is 298 Å². The van der Waals surface area contributed by atoms with Gasteiger partial charge in [-0.2, -0.15) is 26.3 Å². The third-order valence-electron chi connectivity index (χ3n) is 7.15. The molecular formula is C31H38ClF6N8O2S2+. The fraction of sp³-hybridized carbons (Fsp3) is 0.548. The lowest BCUT2D eigenvalue weighted by atomic mass is 10.1. The highest BCUT2D eigenvalue weighted by molar-refractivity contribution is 7.19. The van der Waals surface area contributed by atoms with E-state index in [2.05, 4.69) is 30.6 Å². The maximum atomic E-state index is 12.5. The minimum Gasteiger partial charge on any atom is -0.444 e. The van der Waals surface area contributed by atoms with Gasteiger partial charge in [-0.15, -0.1) is 22.7 Å². The molecule has 0 bridgehead atoms. The first kappa shape index (κ1) is 39.6. The molecule has 2 aliphatic rings. The molecule has 4 aromatic rings. The number of nitrogens with zero attached hydrogens (tertiary/aromatic N) is 5. The fourth-order valence-corrected chi connectivity index (χ4v) is 7.19. The average molecular weight is 768 g/mol. The van der Waals surface area contributed by atoms with Gasteiger partial charge in [0.2, 0.25) is 0 Å². The van der Waals surface area contributed by atoms with Gasteiger partial charge in [0.25, 0.3) is 0 Å². The van der Waals surface area contributed by atoms with Gasteiger partial charge in [0.15, 0.2) is 6.54 Å². The zero-order valence-corrected chi connectivity index (χ0v) is 29.9. The third kappa shape index (κ3) is 12.9. The van der Waals surface area contributed by atoms with Crippen LogP contribution in [0.1, 0.15) is 49.8 Å². The van der Waals surface area contributed by atoms with Crippen molar-refractivity contribution < 1.29 is 35.9 Å². The molecule has 0 spiro atoms. The van der Waals surface area contributed by atoms with Gasteiger partial charge in [-0.05, 0) is 58.8 Å². The first-order chi connectivity index (χ1) is 23.3. The SMILES string of the molecule is CC(C)(C)OC(=O)N1C[CH+]C(N)CC1.FC(F)(F)Cc1cc2c(Cl)ncnc2s1.FC(F)(F)Cc1cc2c(NC3CCNCC3)ncnc2s1. The Kier molecular flexibility index (Phi) is 13.4. The lowest BCUT2D eigenvalue weighted by Gasteiger charge is -2.28. The summed E-state index contributed by atoms with van der Waals surface area (Å²) in [6.07, 6.45) is -3.18. The summed E-state index contributed by atoms with van der Waals surface area (Å²) in [7, 11) is 0. The van der Waals surface area contributed by atoms with Gasteiger partial charge in [-0.1, -0.05) is 11.6 Å². The molecule has 0 radical (unpaired) electrons. The number of carbonyl (C=O) groups excluding carboxylic acids is 1. The first-order valence-corrected chi connectivity index (χ1v) is 17.7. The van der Waals surface area contributed by atoms with E-state index in [-0.39, 0.29) is 27.0 Å². The maximum absolute atomic E-state index is 12.5. The van der Waals surface area contributed by atoms with Crippen LogP contribution in [0, 0.1) is 6.42 Å². The molecule has 1 amide bonds. The summed E-state index contributed by atoms with van der Waals surface area (Å²) in [6.45, 7) is 8.76. The van der Waals surface area contributed by atoms with Crippen LogP contribution >= 0.6 is 34.3 Å². The molecule has 2 fully saturated rings. The number of alkyl halides is 6. The molecule has 0 aliphatic carbocycles. The van der Waals surface area contributed by atoms with Crippen LogP contribution in [0.2, 0.25) is 5.15 Å². The van der Waals surface area contributed by atoms with Crippen molar-refractivity contribution in [2.45, 2.75) is 82.9 Å². The van der Waals surface area contributed by atoms with Crippen molar-refractivity contribution in [1.82, 2.24) is 30.2 Å². The van der Waals surface area contributed by atoms with Crippen LogP contribution in [0.25, 0.3) is 20.4 Å². The first-order valence-electron chi connectivity index (χ1n) is 15.6. The highest BCUT2D eigenvalue weighted by Gasteiger charge is 2.31. The number of rotatable bonds is 4. The smallest absolute Gasteiger partial charge is 0.413 e. The number of thiophene rings is 2. The minimum atomic E-state index is -4.21. The molecule has 274 valence electrons. The standard InChI is InChI=1S/C13H15F3N4S.C10H19N2O2.C8H4ClF3N2S/c14-13(15,16)6-9-5-10-11(18-7-19-12(10)21-9)20-8-1-3-17-4-2-8;1-10(2,3)14-9(13)12-6-4-8(11)5-7-12;9-6-5-1-4(2-8(10,11)12)15-7(5)14-3-13-6/h5,7-8,17H,1-4,6H2,(H,18,19,20);4,8H,5-7,11H2,1-3H3;1,3H,2H2/q;+1;. The Bertz CT molecular complexity index is 1700. The summed E-state index contributed by atoms with van der Waals surface area (Å²) in [4.78, 5) is 30.6. The maximum Gasteiger partial charge on any atom is 0.413 e. The molecule has 6 rings (SSSR count). The largest absolute Gasteiger partial charge is 0.444 e. The van der Waals surface area contributed by atoms with E-state index in [0.717, 1.165) is 55.0 Å². The van der Waals surface area contributed by atoms with Gasteiger partial charge in [-0.3, -0.25) is 10.6 Å². The molecule has 4 N–H and O–H groups in total. The number of halogens is 7. The van der Waals surface area contributed by atoms with Crippen molar-refractivity contribution in [1.29, 1.82) is 0 Å². The zero-order chi connectivity index (χ0) is 36.7. The Morgan fingerprint density at radius 2 is 1.52 bits per heavy atom. The van der Waals surface area contributed by atoms with Gasteiger partial charge in [-0.25, -0.2) is 24.7 Å². The van der Waals surface area contributed by atoms with E-state index < -0.39 is 30.8 Å². The highest BCUT2D eigenvalue weighted by Crippen LogP contribution is 2.34. The molecular weight excluding hydrogens is 730 g/mol. The van der Waals surface area contributed by atoms with E-state index in [0.29, 0.717) is 45.4 Å². The van der Waals surface area contributed by atoms with Crippen LogP contribution in [0.4, 0.5) is 37.0 Å². The molecule has 2 saturated heterocycles. The lowest BCUT2D eigenvalue weighted by molar-refractivity contribution is -0.127. The van der Waals surface area contributed by atoms with Crippen molar-refractivity contribution in [2.24, 2.45) is 5.73 Å². The van der Waals surface area contributed by atoms with Crippen molar-refractivity contribution in [3.05, 3.63) is 46.1 Å². The summed E-state index contributed by atoms with van der Waals surface area (Å²) < 4.78 is 79.0. The summed E-state index contributed by atoms with van der Waals surface area (Å²) in [5.74, 6) is 0.636. The quantitative estimate of drug-likeness (QED) is 0.109. The van der Waals surface area contributed by atoms with Crippen LogP contribution in [-0.2, 0) is 17.6 Å². The molecule has 10 nitrogen and oxygen atoms in total. The predicted octanol–water partition coefficient (Wildman–Crippen LogP) is 7.57. The molecule has 1 atom stereocenters. The molecule has 0 saturated carbocycles. The average Bonchev–Trinajstić information content (AvgIpc) is 3.60. The number of piperidine rings is 2. The number of ether oxygens (including phenoxy) is 1. The van der Waals surface area contributed by atoms with E-state index in [1.54, 1.807) is 11.0 Å². The van der Waals surface area contributed by atoms with Crippen molar-refractivity contribution in [3.63, 3.8) is 0 Å². The van der Waals surface area contributed by atoms with Crippen LogP contribution < -0.4 is 16.4 Å². The second-order valence-electron chi connectivity index (χ2n) is 12.6. The number of hydrogen-bond acceptors (Lipinski definition) is 11. The van der Waals surface area contributed by atoms with E-state index in [9.17, 15) is 31.1 Å². The molecule has 6 heterocycles. The predicted molar refractivity (Wildman–Crippen MR) is 184 cm³/mol. The topological polar surface area (TPSA) is 131 Å².